The molecule has 1 aromatic heterocycles. The molecule has 0 amide bonds. The second-order valence-corrected chi connectivity index (χ2v) is 6.84. The van der Waals surface area contributed by atoms with E-state index in [1.807, 2.05) is 57.2 Å². The number of hydrogen-bond donors (Lipinski definition) is 0. The third kappa shape index (κ3) is 4.93. The highest BCUT2D eigenvalue weighted by Crippen LogP contribution is 2.26. The van der Waals surface area contributed by atoms with E-state index >= 15 is 0 Å². The van der Waals surface area contributed by atoms with Crippen molar-refractivity contribution < 1.29 is 14.3 Å². The number of methoxy groups -OCH3 is 1. The van der Waals surface area contributed by atoms with E-state index in [1.54, 1.807) is 36.2 Å². The summed E-state index contributed by atoms with van der Waals surface area (Å²) in [5.41, 5.74) is 4.44. The molecule has 5 heteroatoms. The minimum absolute atomic E-state index is 0.124. The average molecular weight is 390 g/mol. The first-order valence-electron chi connectivity index (χ1n) is 9.63. The van der Waals surface area contributed by atoms with Crippen molar-refractivity contribution in [1.82, 2.24) is 9.78 Å². The molecule has 0 radical (unpaired) electrons. The number of nitrogens with zero attached hydrogens (tertiary/aromatic N) is 2. The molecule has 0 bridgehead atoms. The van der Waals surface area contributed by atoms with E-state index in [4.69, 9.17) is 9.47 Å². The van der Waals surface area contributed by atoms with Crippen molar-refractivity contribution in [3.8, 4) is 11.5 Å². The number of carbonyl (C=O) groups is 1. The SMILES string of the molecule is CCn1ccc(C(=O)/C=C/c2ccc(OC)c(COc3c(C)cccc3C)c2)n1. The van der Waals surface area contributed by atoms with E-state index in [0.717, 1.165) is 40.3 Å². The van der Waals surface area contributed by atoms with Gasteiger partial charge >= 0.3 is 0 Å². The molecular weight excluding hydrogens is 364 g/mol. The maximum Gasteiger partial charge on any atom is 0.206 e. The van der Waals surface area contributed by atoms with Crippen molar-refractivity contribution in [2.75, 3.05) is 7.11 Å². The molecule has 0 aliphatic rings. The molecule has 0 aliphatic carbocycles. The fourth-order valence-electron chi connectivity index (χ4n) is 3.12. The van der Waals surface area contributed by atoms with Crippen LogP contribution in [0.2, 0.25) is 0 Å². The van der Waals surface area contributed by atoms with Crippen LogP contribution in [0.5, 0.6) is 11.5 Å². The summed E-state index contributed by atoms with van der Waals surface area (Å²) in [6.45, 7) is 7.16. The average Bonchev–Trinajstić information content (AvgIpc) is 3.21. The molecule has 3 rings (SSSR count). The van der Waals surface area contributed by atoms with Crippen LogP contribution in [0.3, 0.4) is 0 Å². The number of carbonyl (C=O) groups excluding carboxylic acids is 1. The van der Waals surface area contributed by atoms with Gasteiger partial charge in [0.05, 0.1) is 7.11 Å². The zero-order valence-electron chi connectivity index (χ0n) is 17.3. The number of rotatable bonds is 8. The molecule has 0 atom stereocenters. The van der Waals surface area contributed by atoms with Gasteiger partial charge in [0.1, 0.15) is 23.8 Å². The summed E-state index contributed by atoms with van der Waals surface area (Å²) >= 11 is 0. The van der Waals surface area contributed by atoms with Crippen LogP contribution in [-0.4, -0.2) is 22.7 Å². The van der Waals surface area contributed by atoms with Crippen LogP contribution in [0.4, 0.5) is 0 Å². The van der Waals surface area contributed by atoms with E-state index in [2.05, 4.69) is 5.10 Å². The highest BCUT2D eigenvalue weighted by Gasteiger charge is 2.09. The van der Waals surface area contributed by atoms with E-state index in [-0.39, 0.29) is 5.78 Å². The number of para-hydroxylation sites is 1. The second kappa shape index (κ2) is 9.24. The Morgan fingerprint density at radius 3 is 2.55 bits per heavy atom. The summed E-state index contributed by atoms with van der Waals surface area (Å²) in [5.74, 6) is 1.51. The molecule has 3 aromatic rings. The van der Waals surface area contributed by atoms with Crippen molar-refractivity contribution >= 4 is 11.9 Å². The van der Waals surface area contributed by atoms with Crippen LogP contribution in [-0.2, 0) is 13.2 Å². The fourth-order valence-corrected chi connectivity index (χ4v) is 3.12. The molecular formula is C24H26N2O3. The Labute approximate surface area is 171 Å². The lowest BCUT2D eigenvalue weighted by Crippen LogP contribution is -2.02. The zero-order chi connectivity index (χ0) is 20.8. The molecule has 0 saturated heterocycles. The Balaban J connectivity index is 1.76. The fraction of sp³-hybridized carbons (Fsp3) is 0.250. The third-order valence-corrected chi connectivity index (χ3v) is 4.73. The summed E-state index contributed by atoms with van der Waals surface area (Å²) in [7, 11) is 1.64. The molecule has 0 N–H and O–H groups in total. The molecule has 29 heavy (non-hydrogen) atoms. The number of aryl methyl sites for hydroxylation is 3. The minimum atomic E-state index is -0.124. The van der Waals surface area contributed by atoms with Crippen molar-refractivity contribution in [2.24, 2.45) is 0 Å². The Hall–Kier alpha value is -3.34. The number of ether oxygens (including phenoxy) is 2. The van der Waals surface area contributed by atoms with Gasteiger partial charge in [0.2, 0.25) is 5.78 Å². The van der Waals surface area contributed by atoms with Crippen LogP contribution >= 0.6 is 0 Å². The number of aromatic nitrogens is 2. The molecule has 1 heterocycles. The monoisotopic (exact) mass is 390 g/mol. The van der Waals surface area contributed by atoms with Crippen LogP contribution in [0.25, 0.3) is 6.08 Å². The lowest BCUT2D eigenvalue weighted by molar-refractivity contribution is 0.104. The number of hydrogen-bond acceptors (Lipinski definition) is 4. The quantitative estimate of drug-likeness (QED) is 0.401. The van der Waals surface area contributed by atoms with E-state index in [1.165, 1.54) is 0 Å². The first-order valence-corrected chi connectivity index (χ1v) is 9.63. The van der Waals surface area contributed by atoms with Gasteiger partial charge in [0.15, 0.2) is 0 Å². The van der Waals surface area contributed by atoms with Gasteiger partial charge in [0.25, 0.3) is 0 Å². The normalized spacial score (nSPS) is 11.0. The zero-order valence-corrected chi connectivity index (χ0v) is 17.3. The van der Waals surface area contributed by atoms with E-state index < -0.39 is 0 Å². The van der Waals surface area contributed by atoms with Gasteiger partial charge < -0.3 is 9.47 Å². The molecule has 5 nitrogen and oxygen atoms in total. The minimum Gasteiger partial charge on any atom is -0.496 e. The molecule has 0 saturated carbocycles. The molecule has 2 aromatic carbocycles. The van der Waals surface area contributed by atoms with Crippen LogP contribution in [0.15, 0.2) is 54.7 Å². The molecule has 150 valence electrons. The second-order valence-electron chi connectivity index (χ2n) is 6.84. The van der Waals surface area contributed by atoms with Gasteiger partial charge in [-0.1, -0.05) is 30.3 Å². The summed E-state index contributed by atoms with van der Waals surface area (Å²) < 4.78 is 13.3. The standard InChI is InChI=1S/C24H26N2O3/c1-5-26-14-13-21(25-26)22(27)11-9-19-10-12-23(28-4)20(15-19)16-29-24-17(2)7-6-8-18(24)3/h6-15H,5,16H2,1-4H3/b11-9+. The Morgan fingerprint density at radius 1 is 1.14 bits per heavy atom. The number of ketones is 1. The lowest BCUT2D eigenvalue weighted by Gasteiger charge is -2.14. The maximum absolute atomic E-state index is 12.3. The highest BCUT2D eigenvalue weighted by molar-refractivity contribution is 6.05. The smallest absolute Gasteiger partial charge is 0.206 e. The van der Waals surface area contributed by atoms with Gasteiger partial charge in [-0.3, -0.25) is 9.48 Å². The van der Waals surface area contributed by atoms with Crippen molar-refractivity contribution in [3.05, 3.63) is 82.7 Å². The van der Waals surface area contributed by atoms with Crippen LogP contribution < -0.4 is 9.47 Å². The molecule has 0 fully saturated rings. The van der Waals surface area contributed by atoms with Gasteiger partial charge in [-0.2, -0.15) is 5.10 Å². The topological polar surface area (TPSA) is 53.4 Å². The number of allylic oxidation sites excluding steroid dienone is 1. The predicted octanol–water partition coefficient (Wildman–Crippen LogP) is 5.00. The Bertz CT molecular complexity index is 1010. The van der Waals surface area contributed by atoms with E-state index in [0.29, 0.717) is 12.3 Å². The summed E-state index contributed by atoms with van der Waals surface area (Å²) in [6, 6.07) is 13.6. The predicted molar refractivity (Wildman–Crippen MR) is 115 cm³/mol. The summed E-state index contributed by atoms with van der Waals surface area (Å²) in [5, 5.41) is 4.24. The van der Waals surface area contributed by atoms with Crippen LogP contribution in [0, 0.1) is 13.8 Å². The molecule has 0 unspecified atom stereocenters. The molecule has 0 aliphatic heterocycles. The third-order valence-electron chi connectivity index (χ3n) is 4.73. The summed E-state index contributed by atoms with van der Waals surface area (Å²) in [6.07, 6.45) is 5.13. The van der Waals surface area contributed by atoms with Gasteiger partial charge in [-0.25, -0.2) is 0 Å². The number of benzene rings is 2. The van der Waals surface area contributed by atoms with E-state index in [9.17, 15) is 4.79 Å². The first-order chi connectivity index (χ1) is 14.0. The molecule has 0 spiro atoms. The first kappa shape index (κ1) is 20.4. The highest BCUT2D eigenvalue weighted by atomic mass is 16.5. The maximum atomic E-state index is 12.3. The van der Waals surface area contributed by atoms with Crippen molar-refractivity contribution in [1.29, 1.82) is 0 Å². The van der Waals surface area contributed by atoms with Crippen molar-refractivity contribution in [2.45, 2.75) is 33.9 Å². The lowest BCUT2D eigenvalue weighted by atomic mass is 10.1. The summed E-state index contributed by atoms with van der Waals surface area (Å²) in [4.78, 5) is 12.3. The van der Waals surface area contributed by atoms with Crippen molar-refractivity contribution in [3.63, 3.8) is 0 Å². The van der Waals surface area contributed by atoms with Crippen LogP contribution in [0.1, 0.15) is 39.7 Å². The van der Waals surface area contributed by atoms with Gasteiger partial charge in [-0.15, -0.1) is 0 Å². The Kier molecular flexibility index (Phi) is 6.50. The van der Waals surface area contributed by atoms with Gasteiger partial charge in [-0.05, 0) is 61.7 Å². The Morgan fingerprint density at radius 2 is 1.90 bits per heavy atom. The van der Waals surface area contributed by atoms with Gasteiger partial charge in [0, 0.05) is 18.3 Å². The largest absolute Gasteiger partial charge is 0.496 e.